The molecule has 0 saturated heterocycles. The molecule has 8 heteroatoms. The van der Waals surface area contributed by atoms with Crippen LogP contribution in [-0.2, 0) is 16.1 Å². The number of hydrogen-bond donors (Lipinski definition) is 1. The van der Waals surface area contributed by atoms with Crippen molar-refractivity contribution in [2.75, 3.05) is 13.2 Å². The lowest BCUT2D eigenvalue weighted by atomic mass is 10.1. The van der Waals surface area contributed by atoms with Crippen molar-refractivity contribution in [1.82, 2.24) is 10.2 Å². The number of unbranched alkanes of at least 4 members (excludes halogenated alkanes) is 1. The quantitative estimate of drug-likeness (QED) is 0.475. The first-order valence-electron chi connectivity index (χ1n) is 9.71. The summed E-state index contributed by atoms with van der Waals surface area (Å²) in [6.07, 6.45) is 1.84. The van der Waals surface area contributed by atoms with E-state index < -0.39 is 6.04 Å². The summed E-state index contributed by atoms with van der Waals surface area (Å²) in [5.74, 6) is -0.0795. The van der Waals surface area contributed by atoms with Gasteiger partial charge in [-0.25, -0.2) is 0 Å². The number of rotatable bonds is 10. The van der Waals surface area contributed by atoms with Crippen LogP contribution in [0, 0.1) is 0 Å². The third-order valence-electron chi connectivity index (χ3n) is 4.49. The molecule has 2 rings (SSSR count). The second-order valence-corrected chi connectivity index (χ2v) is 8.09. The predicted octanol–water partition coefficient (Wildman–Crippen LogP) is 5.36. The maximum Gasteiger partial charge on any atom is 0.261 e. The Balaban J connectivity index is 2.14. The number of nitrogens with one attached hydrogen (secondary N) is 1. The number of carbonyl (C=O) groups excluding carboxylic acids is 2. The minimum absolute atomic E-state index is 0.191. The maximum absolute atomic E-state index is 13.0. The van der Waals surface area contributed by atoms with Crippen LogP contribution in [0.15, 0.2) is 42.5 Å². The van der Waals surface area contributed by atoms with E-state index >= 15 is 0 Å². The average molecular weight is 472 g/mol. The fraction of sp³-hybridized carbons (Fsp3) is 0.364. The lowest BCUT2D eigenvalue weighted by Gasteiger charge is -2.29. The molecule has 2 aromatic rings. The minimum atomic E-state index is -0.688. The third kappa shape index (κ3) is 7.38. The van der Waals surface area contributed by atoms with Crippen molar-refractivity contribution < 1.29 is 14.3 Å². The van der Waals surface area contributed by atoms with Gasteiger partial charge < -0.3 is 15.0 Å². The van der Waals surface area contributed by atoms with Gasteiger partial charge in [-0.2, -0.15) is 0 Å². The highest BCUT2D eigenvalue weighted by atomic mass is 35.5. The van der Waals surface area contributed by atoms with E-state index in [1.807, 2.05) is 6.92 Å². The van der Waals surface area contributed by atoms with Gasteiger partial charge in [0.05, 0.1) is 10.0 Å². The Morgan fingerprint density at radius 3 is 2.53 bits per heavy atom. The van der Waals surface area contributed by atoms with Gasteiger partial charge in [0.25, 0.3) is 5.91 Å². The normalized spacial score (nSPS) is 11.6. The van der Waals surface area contributed by atoms with E-state index in [1.165, 1.54) is 4.90 Å². The number of ether oxygens (including phenoxy) is 1. The van der Waals surface area contributed by atoms with Crippen LogP contribution < -0.4 is 10.1 Å². The summed E-state index contributed by atoms with van der Waals surface area (Å²) in [5.41, 5.74) is 0.758. The molecule has 1 unspecified atom stereocenters. The Morgan fingerprint density at radius 2 is 1.87 bits per heavy atom. The van der Waals surface area contributed by atoms with Gasteiger partial charge in [0.1, 0.15) is 11.8 Å². The van der Waals surface area contributed by atoms with E-state index in [9.17, 15) is 9.59 Å². The van der Waals surface area contributed by atoms with E-state index in [-0.39, 0.29) is 25.0 Å². The van der Waals surface area contributed by atoms with Gasteiger partial charge in [-0.1, -0.05) is 60.3 Å². The van der Waals surface area contributed by atoms with Crippen LogP contribution in [0.25, 0.3) is 0 Å². The summed E-state index contributed by atoms with van der Waals surface area (Å²) in [7, 11) is 0. The fourth-order valence-electron chi connectivity index (χ4n) is 2.74. The first-order valence-corrected chi connectivity index (χ1v) is 10.8. The molecule has 2 amide bonds. The Labute approximate surface area is 192 Å². The second kappa shape index (κ2) is 12.0. The highest BCUT2D eigenvalue weighted by Gasteiger charge is 2.26. The Hall–Kier alpha value is -1.95. The number of amides is 2. The molecule has 0 aliphatic rings. The monoisotopic (exact) mass is 470 g/mol. The molecule has 2 aromatic carbocycles. The van der Waals surface area contributed by atoms with E-state index in [2.05, 4.69) is 5.32 Å². The van der Waals surface area contributed by atoms with Gasteiger partial charge in [-0.15, -0.1) is 0 Å². The SMILES string of the molecule is CCCCNC(=O)C(C)N(Cc1ccc(Cl)c(Cl)c1)C(=O)COc1cccc(Cl)c1. The first-order chi connectivity index (χ1) is 14.3. The number of benzene rings is 2. The number of halogens is 3. The van der Waals surface area contributed by atoms with Gasteiger partial charge in [0.15, 0.2) is 6.61 Å². The zero-order valence-electron chi connectivity index (χ0n) is 17.0. The van der Waals surface area contributed by atoms with E-state index in [1.54, 1.807) is 49.4 Å². The summed E-state index contributed by atoms with van der Waals surface area (Å²) in [6, 6.07) is 11.2. The van der Waals surface area contributed by atoms with Crippen molar-refractivity contribution in [2.24, 2.45) is 0 Å². The van der Waals surface area contributed by atoms with Crippen LogP contribution in [0.4, 0.5) is 0 Å². The van der Waals surface area contributed by atoms with Crippen molar-refractivity contribution in [3.05, 3.63) is 63.1 Å². The molecule has 0 spiro atoms. The molecule has 1 atom stereocenters. The van der Waals surface area contributed by atoms with Gasteiger partial charge in [-0.05, 0) is 49.2 Å². The molecule has 0 fully saturated rings. The second-order valence-electron chi connectivity index (χ2n) is 6.84. The first kappa shape index (κ1) is 24.3. The zero-order valence-corrected chi connectivity index (χ0v) is 19.2. The van der Waals surface area contributed by atoms with Crippen molar-refractivity contribution in [3.8, 4) is 5.75 Å². The maximum atomic E-state index is 13.0. The summed E-state index contributed by atoms with van der Waals surface area (Å²) in [6.45, 7) is 4.26. The van der Waals surface area contributed by atoms with Crippen LogP contribution in [0.3, 0.4) is 0 Å². The van der Waals surface area contributed by atoms with Crippen molar-refractivity contribution in [2.45, 2.75) is 39.3 Å². The smallest absolute Gasteiger partial charge is 0.261 e. The van der Waals surface area contributed by atoms with Gasteiger partial charge >= 0.3 is 0 Å². The molecule has 0 aromatic heterocycles. The lowest BCUT2D eigenvalue weighted by molar-refractivity contribution is -0.142. The fourth-order valence-corrected chi connectivity index (χ4v) is 3.24. The number of nitrogens with zero attached hydrogens (tertiary/aromatic N) is 1. The zero-order chi connectivity index (χ0) is 22.1. The largest absolute Gasteiger partial charge is 0.484 e. The minimum Gasteiger partial charge on any atom is -0.484 e. The Bertz CT molecular complexity index is 876. The van der Waals surface area contributed by atoms with Crippen molar-refractivity contribution in [1.29, 1.82) is 0 Å². The van der Waals surface area contributed by atoms with Crippen LogP contribution in [0.5, 0.6) is 5.75 Å². The van der Waals surface area contributed by atoms with E-state index in [0.717, 1.165) is 18.4 Å². The molecule has 0 aliphatic heterocycles. The van der Waals surface area contributed by atoms with E-state index in [0.29, 0.717) is 27.4 Å². The van der Waals surface area contributed by atoms with Crippen LogP contribution in [0.2, 0.25) is 15.1 Å². The molecule has 5 nitrogen and oxygen atoms in total. The standard InChI is InChI=1S/C22H25Cl3N2O3/c1-3-4-10-26-22(29)15(2)27(13-16-8-9-19(24)20(25)11-16)21(28)14-30-18-7-5-6-17(23)12-18/h5-9,11-12,15H,3-4,10,13-14H2,1-2H3,(H,26,29). The highest BCUT2D eigenvalue weighted by Crippen LogP contribution is 2.24. The Kier molecular flexibility index (Phi) is 9.76. The number of carbonyl (C=O) groups is 2. The Morgan fingerprint density at radius 1 is 1.10 bits per heavy atom. The molecule has 162 valence electrons. The van der Waals surface area contributed by atoms with Crippen LogP contribution >= 0.6 is 34.8 Å². The van der Waals surface area contributed by atoms with Crippen molar-refractivity contribution in [3.63, 3.8) is 0 Å². The molecular formula is C22H25Cl3N2O3. The lowest BCUT2D eigenvalue weighted by Crippen LogP contribution is -2.49. The number of hydrogen-bond acceptors (Lipinski definition) is 3. The molecule has 0 bridgehead atoms. The highest BCUT2D eigenvalue weighted by molar-refractivity contribution is 6.42. The summed E-state index contributed by atoms with van der Waals surface area (Å²) in [4.78, 5) is 27.0. The topological polar surface area (TPSA) is 58.6 Å². The predicted molar refractivity (Wildman–Crippen MR) is 121 cm³/mol. The molecule has 30 heavy (non-hydrogen) atoms. The van der Waals surface area contributed by atoms with Gasteiger partial charge in [0, 0.05) is 18.1 Å². The van der Waals surface area contributed by atoms with Gasteiger partial charge in [0.2, 0.25) is 5.91 Å². The molecule has 0 aliphatic carbocycles. The van der Waals surface area contributed by atoms with Crippen molar-refractivity contribution >= 4 is 46.6 Å². The van der Waals surface area contributed by atoms with Crippen LogP contribution in [0.1, 0.15) is 32.3 Å². The summed E-state index contributed by atoms with van der Waals surface area (Å²) >= 11 is 18.1. The summed E-state index contributed by atoms with van der Waals surface area (Å²) < 4.78 is 5.58. The summed E-state index contributed by atoms with van der Waals surface area (Å²) in [5, 5.41) is 4.19. The van der Waals surface area contributed by atoms with Crippen LogP contribution in [-0.4, -0.2) is 35.9 Å². The third-order valence-corrected chi connectivity index (χ3v) is 5.47. The molecule has 0 saturated carbocycles. The molecule has 0 radical (unpaired) electrons. The van der Waals surface area contributed by atoms with E-state index in [4.69, 9.17) is 39.5 Å². The van der Waals surface area contributed by atoms with Gasteiger partial charge in [-0.3, -0.25) is 9.59 Å². The molecule has 0 heterocycles. The average Bonchev–Trinajstić information content (AvgIpc) is 2.72. The molecular weight excluding hydrogens is 447 g/mol. The molecule has 1 N–H and O–H groups in total.